The van der Waals surface area contributed by atoms with E-state index in [1.54, 1.807) is 6.82 Å². The van der Waals surface area contributed by atoms with Crippen LogP contribution in [0, 0.1) is 0 Å². The smallest absolute Gasteiger partial charge is 0.413 e. The molecule has 1 aliphatic carbocycles. The molecule has 1 heterocycles. The van der Waals surface area contributed by atoms with E-state index in [-0.39, 0.29) is 5.92 Å². The van der Waals surface area contributed by atoms with Crippen molar-refractivity contribution >= 4 is 7.05 Å². The van der Waals surface area contributed by atoms with Crippen molar-refractivity contribution < 1.29 is 10.1 Å². The average Bonchev–Trinajstić information content (AvgIpc) is 2.69. The number of fused-ring (bicyclic) bond motifs is 2. The Morgan fingerprint density at radius 2 is 1.95 bits per heavy atom. The van der Waals surface area contributed by atoms with Crippen LogP contribution in [0.1, 0.15) is 63.1 Å². The first kappa shape index (κ1) is 14.7. The van der Waals surface area contributed by atoms with Gasteiger partial charge in [0.15, 0.2) is 0 Å². The van der Waals surface area contributed by atoms with Crippen LogP contribution in [0.4, 0.5) is 0 Å². The highest BCUT2D eigenvalue weighted by Crippen LogP contribution is 2.35. The fraction of sp³-hybridized carbons (Fsp3) is 0.733. The summed E-state index contributed by atoms with van der Waals surface area (Å²) in [6.07, 6.45) is 8.90. The van der Waals surface area contributed by atoms with Crippen molar-refractivity contribution in [2.75, 3.05) is 0 Å². The van der Waals surface area contributed by atoms with Gasteiger partial charge in [0, 0.05) is 11.6 Å². The van der Waals surface area contributed by atoms with Crippen LogP contribution in [-0.2, 0) is 6.42 Å². The summed E-state index contributed by atoms with van der Waals surface area (Å²) in [6.45, 7) is 5.58. The number of aliphatic hydroxyl groups is 1. The second kappa shape index (κ2) is 5.72. The minimum Gasteiger partial charge on any atom is -0.432 e. The van der Waals surface area contributed by atoms with E-state index in [1.165, 1.54) is 36.9 Å². The molecule has 0 amide bonds. The average molecular weight is 263 g/mol. The molecule has 1 aliphatic rings. The molecule has 0 spiro atoms. The van der Waals surface area contributed by atoms with Gasteiger partial charge < -0.3 is 14.6 Å². The van der Waals surface area contributed by atoms with Gasteiger partial charge in [-0.2, -0.15) is 0 Å². The lowest BCUT2D eigenvalue weighted by atomic mass is 9.81. The number of aryl methyl sites for hydroxylation is 1. The first-order valence-corrected chi connectivity index (χ1v) is 7.50. The molecule has 0 fully saturated rings. The van der Waals surface area contributed by atoms with E-state index < -0.39 is 12.7 Å². The summed E-state index contributed by atoms with van der Waals surface area (Å²) in [7, 11) is -0.494. The topological polar surface area (TPSA) is 45.4 Å². The van der Waals surface area contributed by atoms with Crippen molar-refractivity contribution in [1.82, 2.24) is 4.48 Å². The van der Waals surface area contributed by atoms with Crippen LogP contribution in [0.15, 0.2) is 12.3 Å². The molecule has 4 heteroatoms. The molecule has 1 aromatic rings. The molecule has 106 valence electrons. The number of rotatable bonds is 2. The number of aromatic nitrogens is 1. The molecule has 1 aromatic heterocycles. The van der Waals surface area contributed by atoms with E-state index in [9.17, 15) is 10.1 Å². The molecular formula is C15H26BNO2. The number of nitrogens with zero attached hydrogens (tertiary/aromatic N) is 1. The lowest BCUT2D eigenvalue weighted by Gasteiger charge is -2.29. The Morgan fingerprint density at radius 1 is 1.26 bits per heavy atom. The standard InChI is InChI=1S/C15H26BNO2/c1-15(2,18)14-9-7-5-4-6-8-13-10-12(14)11-17(13)16(3)19/h10-11,14,18-19H,4-9H2,1-3H3. The summed E-state index contributed by atoms with van der Waals surface area (Å²) in [5.41, 5.74) is 1.66. The van der Waals surface area contributed by atoms with Crippen LogP contribution >= 0.6 is 0 Å². The monoisotopic (exact) mass is 263 g/mol. The van der Waals surface area contributed by atoms with Crippen LogP contribution in [-0.4, -0.2) is 27.3 Å². The molecule has 0 saturated carbocycles. The van der Waals surface area contributed by atoms with Gasteiger partial charge in [0.2, 0.25) is 0 Å². The summed E-state index contributed by atoms with van der Waals surface area (Å²) in [5.74, 6) is 0.157. The quantitative estimate of drug-likeness (QED) is 0.806. The molecule has 0 aliphatic heterocycles. The Balaban J connectivity index is 2.39. The van der Waals surface area contributed by atoms with Gasteiger partial charge in [-0.1, -0.05) is 19.3 Å². The molecule has 0 radical (unpaired) electrons. The van der Waals surface area contributed by atoms with Gasteiger partial charge in [0.25, 0.3) is 0 Å². The van der Waals surface area contributed by atoms with Crippen molar-refractivity contribution in [1.29, 1.82) is 0 Å². The predicted molar refractivity (Wildman–Crippen MR) is 79.5 cm³/mol. The molecule has 0 saturated heterocycles. The first-order chi connectivity index (χ1) is 8.89. The second-order valence-electron chi connectivity index (χ2n) is 6.46. The van der Waals surface area contributed by atoms with E-state index in [0.29, 0.717) is 0 Å². The van der Waals surface area contributed by atoms with Crippen LogP contribution in [0.3, 0.4) is 0 Å². The van der Waals surface area contributed by atoms with Crippen molar-refractivity contribution in [2.24, 2.45) is 0 Å². The van der Waals surface area contributed by atoms with Gasteiger partial charge in [0.05, 0.1) is 5.60 Å². The highest BCUT2D eigenvalue weighted by molar-refractivity contribution is 6.46. The van der Waals surface area contributed by atoms with E-state index in [0.717, 1.165) is 12.8 Å². The van der Waals surface area contributed by atoms with E-state index in [1.807, 2.05) is 24.5 Å². The highest BCUT2D eigenvalue weighted by Gasteiger charge is 2.30. The van der Waals surface area contributed by atoms with Crippen molar-refractivity contribution in [3.63, 3.8) is 0 Å². The van der Waals surface area contributed by atoms with Crippen molar-refractivity contribution in [2.45, 2.75) is 70.7 Å². The van der Waals surface area contributed by atoms with Crippen LogP contribution in [0.5, 0.6) is 0 Å². The van der Waals surface area contributed by atoms with Crippen LogP contribution in [0.25, 0.3) is 0 Å². The number of hydrogen-bond donors (Lipinski definition) is 2. The maximum Gasteiger partial charge on any atom is 0.413 e. The first-order valence-electron chi connectivity index (χ1n) is 7.50. The fourth-order valence-corrected chi connectivity index (χ4v) is 3.22. The fourth-order valence-electron chi connectivity index (χ4n) is 3.22. The van der Waals surface area contributed by atoms with Gasteiger partial charge in [-0.25, -0.2) is 0 Å². The maximum absolute atomic E-state index is 10.4. The second-order valence-corrected chi connectivity index (χ2v) is 6.46. The zero-order valence-electron chi connectivity index (χ0n) is 12.4. The molecular weight excluding hydrogens is 237 g/mol. The lowest BCUT2D eigenvalue weighted by molar-refractivity contribution is 0.0455. The highest BCUT2D eigenvalue weighted by atomic mass is 16.3. The third-order valence-electron chi connectivity index (χ3n) is 4.29. The summed E-state index contributed by atoms with van der Waals surface area (Å²) in [4.78, 5) is 0. The van der Waals surface area contributed by atoms with Gasteiger partial charge in [-0.3, -0.25) is 0 Å². The SMILES string of the molecule is CB(O)n1cc2cc1CCCCCCC2C(C)(C)O. The molecule has 2 bridgehead atoms. The molecule has 2 rings (SSSR count). The number of hydrogen-bond acceptors (Lipinski definition) is 2. The molecule has 3 nitrogen and oxygen atoms in total. The third kappa shape index (κ3) is 3.43. The van der Waals surface area contributed by atoms with E-state index in [4.69, 9.17) is 0 Å². The Bertz CT molecular complexity index is 420. The zero-order valence-corrected chi connectivity index (χ0v) is 12.4. The zero-order chi connectivity index (χ0) is 14.0. The molecule has 1 atom stereocenters. The largest absolute Gasteiger partial charge is 0.432 e. The van der Waals surface area contributed by atoms with E-state index >= 15 is 0 Å². The Kier molecular flexibility index (Phi) is 4.41. The van der Waals surface area contributed by atoms with Crippen molar-refractivity contribution in [3.8, 4) is 0 Å². The Morgan fingerprint density at radius 3 is 2.58 bits per heavy atom. The van der Waals surface area contributed by atoms with Gasteiger partial charge in [0.1, 0.15) is 0 Å². The minimum atomic E-state index is -0.707. The minimum absolute atomic E-state index is 0.157. The molecule has 1 unspecified atom stereocenters. The lowest BCUT2D eigenvalue weighted by Crippen LogP contribution is -2.29. The summed E-state index contributed by atoms with van der Waals surface area (Å²) in [5, 5.41) is 20.3. The van der Waals surface area contributed by atoms with Crippen molar-refractivity contribution in [3.05, 3.63) is 23.5 Å². The summed E-state index contributed by atoms with van der Waals surface area (Å²) in [6, 6.07) is 2.18. The van der Waals surface area contributed by atoms with Crippen LogP contribution < -0.4 is 0 Å². The van der Waals surface area contributed by atoms with Gasteiger partial charge in [-0.05, 0) is 57.8 Å². The van der Waals surface area contributed by atoms with Crippen LogP contribution in [0.2, 0.25) is 6.82 Å². The van der Waals surface area contributed by atoms with E-state index in [2.05, 4.69) is 6.07 Å². The Hall–Kier alpha value is -0.735. The third-order valence-corrected chi connectivity index (χ3v) is 4.29. The Labute approximate surface area is 116 Å². The predicted octanol–water partition coefficient (Wildman–Crippen LogP) is 2.81. The molecule has 19 heavy (non-hydrogen) atoms. The summed E-state index contributed by atoms with van der Waals surface area (Å²) < 4.78 is 1.96. The summed E-state index contributed by atoms with van der Waals surface area (Å²) >= 11 is 0. The van der Waals surface area contributed by atoms with Gasteiger partial charge in [-0.15, -0.1) is 0 Å². The molecule has 0 aromatic carbocycles. The maximum atomic E-state index is 10.4. The normalized spacial score (nSPS) is 21.2. The molecule has 2 N–H and O–H groups in total. The van der Waals surface area contributed by atoms with Gasteiger partial charge >= 0.3 is 7.05 Å².